The molecule has 1 aliphatic rings. The zero-order valence-corrected chi connectivity index (χ0v) is 18.3. The highest BCUT2D eigenvalue weighted by Crippen LogP contribution is 2.21. The lowest BCUT2D eigenvalue weighted by atomic mass is 9.90. The number of carbonyl (C=O) groups is 1. The molecule has 0 aliphatic carbocycles. The van der Waals surface area contributed by atoms with Gasteiger partial charge in [0.25, 0.3) is 0 Å². The number of amides is 1. The van der Waals surface area contributed by atoms with E-state index < -0.39 is 12.6 Å². The van der Waals surface area contributed by atoms with Crippen LogP contribution >= 0.6 is 24.0 Å². The molecule has 2 N–H and O–H groups in total. The van der Waals surface area contributed by atoms with Crippen LogP contribution in [0.25, 0.3) is 0 Å². The Morgan fingerprint density at radius 2 is 1.82 bits per heavy atom. The Morgan fingerprint density at radius 1 is 1.18 bits per heavy atom. The summed E-state index contributed by atoms with van der Waals surface area (Å²) in [5.41, 5.74) is 1.32. The number of nitrogens with zero attached hydrogens (tertiary/aromatic N) is 2. The van der Waals surface area contributed by atoms with Crippen molar-refractivity contribution in [3.63, 3.8) is 0 Å². The van der Waals surface area contributed by atoms with Crippen molar-refractivity contribution in [3.05, 3.63) is 35.9 Å². The summed E-state index contributed by atoms with van der Waals surface area (Å²) in [7, 11) is 1.46. The molecule has 158 valence electrons. The predicted octanol–water partition coefficient (Wildman–Crippen LogP) is 3.20. The van der Waals surface area contributed by atoms with E-state index in [0.717, 1.165) is 19.3 Å². The van der Waals surface area contributed by atoms with Crippen molar-refractivity contribution >= 4 is 35.8 Å². The van der Waals surface area contributed by atoms with Gasteiger partial charge in [0.15, 0.2) is 5.96 Å². The van der Waals surface area contributed by atoms with Crippen LogP contribution in [-0.2, 0) is 11.2 Å². The fourth-order valence-corrected chi connectivity index (χ4v) is 3.15. The fourth-order valence-electron chi connectivity index (χ4n) is 3.15. The molecule has 5 nitrogen and oxygen atoms in total. The summed E-state index contributed by atoms with van der Waals surface area (Å²) >= 11 is 0. The molecule has 0 saturated carbocycles. The van der Waals surface area contributed by atoms with Gasteiger partial charge in [0.2, 0.25) is 5.91 Å². The van der Waals surface area contributed by atoms with E-state index in [0.29, 0.717) is 19.0 Å². The zero-order chi connectivity index (χ0) is 19.7. The first-order chi connectivity index (χ1) is 12.9. The van der Waals surface area contributed by atoms with E-state index in [4.69, 9.17) is 0 Å². The van der Waals surface area contributed by atoms with Gasteiger partial charge in [-0.15, -0.1) is 24.0 Å². The Balaban J connectivity index is 0.00000392. The van der Waals surface area contributed by atoms with Gasteiger partial charge >= 0.3 is 6.18 Å². The molecular weight excluding hydrogens is 484 g/mol. The van der Waals surface area contributed by atoms with Crippen molar-refractivity contribution in [2.24, 2.45) is 10.9 Å². The van der Waals surface area contributed by atoms with Crippen LogP contribution in [0.5, 0.6) is 0 Å². The number of guanidine groups is 1. The number of aliphatic imine (C=N–C) groups is 1. The molecule has 1 heterocycles. The quantitative estimate of drug-likeness (QED) is 0.350. The smallest absolute Gasteiger partial charge is 0.356 e. The number of hydrogen-bond donors (Lipinski definition) is 2. The molecule has 0 aromatic heterocycles. The third kappa shape index (κ3) is 9.11. The van der Waals surface area contributed by atoms with Crippen molar-refractivity contribution in [2.75, 3.05) is 33.2 Å². The van der Waals surface area contributed by atoms with Gasteiger partial charge in [-0.05, 0) is 30.7 Å². The maximum absolute atomic E-state index is 12.3. The van der Waals surface area contributed by atoms with Gasteiger partial charge < -0.3 is 15.5 Å². The van der Waals surface area contributed by atoms with Gasteiger partial charge in [0.05, 0.1) is 13.0 Å². The van der Waals surface area contributed by atoms with Crippen LogP contribution in [0, 0.1) is 5.92 Å². The highest BCUT2D eigenvalue weighted by Gasteiger charge is 2.26. The number of benzene rings is 1. The number of hydrogen-bond acceptors (Lipinski definition) is 2. The molecule has 1 fully saturated rings. The zero-order valence-electron chi connectivity index (χ0n) is 16.0. The molecule has 1 aromatic rings. The first kappa shape index (κ1) is 24.5. The third-order valence-electron chi connectivity index (χ3n) is 4.67. The van der Waals surface area contributed by atoms with Gasteiger partial charge in [0, 0.05) is 26.7 Å². The van der Waals surface area contributed by atoms with Crippen LogP contribution < -0.4 is 10.6 Å². The van der Waals surface area contributed by atoms with Gasteiger partial charge in [-0.2, -0.15) is 13.2 Å². The number of carbonyl (C=O) groups excluding carboxylic acids is 1. The van der Waals surface area contributed by atoms with Crippen molar-refractivity contribution < 1.29 is 18.0 Å². The summed E-state index contributed by atoms with van der Waals surface area (Å²) < 4.78 is 36.5. The molecular formula is C19H28F3IN4O. The lowest BCUT2D eigenvalue weighted by Crippen LogP contribution is -2.47. The number of alkyl halides is 3. The molecule has 0 atom stereocenters. The molecule has 0 bridgehead atoms. The predicted molar refractivity (Wildman–Crippen MR) is 115 cm³/mol. The second-order valence-electron chi connectivity index (χ2n) is 6.73. The van der Waals surface area contributed by atoms with Crippen molar-refractivity contribution in [1.29, 1.82) is 0 Å². The minimum Gasteiger partial charge on any atom is -0.356 e. The van der Waals surface area contributed by atoms with Crippen molar-refractivity contribution in [1.82, 2.24) is 15.5 Å². The molecule has 2 rings (SSSR count). The first-order valence-electron chi connectivity index (χ1n) is 9.20. The standard InChI is InChI=1S/C19H27F3N4O.HI/c1-23-18(24-10-9-19(20,21)22)25-14-17(27)26-11-7-16(8-12-26)13-15-5-3-2-4-6-15;/h2-6,16H,7-14H2,1H3,(H2,23,24,25);1H. The van der Waals surface area contributed by atoms with E-state index in [1.807, 2.05) is 18.2 Å². The van der Waals surface area contributed by atoms with Gasteiger partial charge in [-0.3, -0.25) is 9.79 Å². The van der Waals surface area contributed by atoms with Gasteiger partial charge in [0.1, 0.15) is 0 Å². The third-order valence-corrected chi connectivity index (χ3v) is 4.67. The Labute approximate surface area is 181 Å². The van der Waals surface area contributed by atoms with Crippen LogP contribution in [-0.4, -0.2) is 56.2 Å². The second-order valence-corrected chi connectivity index (χ2v) is 6.73. The topological polar surface area (TPSA) is 56.7 Å². The number of piperidine rings is 1. The highest BCUT2D eigenvalue weighted by molar-refractivity contribution is 14.0. The van der Waals surface area contributed by atoms with Crippen LogP contribution in [0.1, 0.15) is 24.8 Å². The average molecular weight is 512 g/mol. The normalized spacial score (nSPS) is 15.7. The summed E-state index contributed by atoms with van der Waals surface area (Å²) in [6.07, 6.45) is -2.22. The Hall–Kier alpha value is -1.52. The highest BCUT2D eigenvalue weighted by atomic mass is 127. The van der Waals surface area contributed by atoms with Crippen LogP contribution in [0.2, 0.25) is 0 Å². The van der Waals surface area contributed by atoms with Gasteiger partial charge in [-0.25, -0.2) is 0 Å². The number of nitrogens with one attached hydrogen (secondary N) is 2. The summed E-state index contributed by atoms with van der Waals surface area (Å²) in [5, 5.41) is 5.35. The van der Waals surface area contributed by atoms with E-state index in [1.165, 1.54) is 12.6 Å². The minimum absolute atomic E-state index is 0. The second kappa shape index (κ2) is 12.1. The number of halogens is 4. The summed E-state index contributed by atoms with van der Waals surface area (Å²) in [6, 6.07) is 10.3. The summed E-state index contributed by atoms with van der Waals surface area (Å²) in [5.74, 6) is 0.708. The van der Waals surface area contributed by atoms with E-state index in [1.54, 1.807) is 4.90 Å². The summed E-state index contributed by atoms with van der Waals surface area (Å²) in [4.78, 5) is 18.0. The Kier molecular flexibility index (Phi) is 10.6. The number of likely N-dealkylation sites (tertiary alicyclic amines) is 1. The largest absolute Gasteiger partial charge is 0.390 e. The Morgan fingerprint density at radius 3 is 2.39 bits per heavy atom. The molecule has 0 unspecified atom stereocenters. The SMILES string of the molecule is CN=C(NCCC(F)(F)F)NCC(=O)N1CCC(Cc2ccccc2)CC1.I. The lowest BCUT2D eigenvalue weighted by Gasteiger charge is -2.32. The van der Waals surface area contributed by atoms with E-state index in [9.17, 15) is 18.0 Å². The number of rotatable bonds is 6. The maximum atomic E-state index is 12.3. The van der Waals surface area contributed by atoms with Crippen LogP contribution in [0.15, 0.2) is 35.3 Å². The van der Waals surface area contributed by atoms with E-state index in [-0.39, 0.29) is 48.9 Å². The van der Waals surface area contributed by atoms with Crippen molar-refractivity contribution in [2.45, 2.75) is 31.9 Å². The summed E-state index contributed by atoms with van der Waals surface area (Å²) in [6.45, 7) is 1.16. The molecule has 28 heavy (non-hydrogen) atoms. The lowest BCUT2D eigenvalue weighted by molar-refractivity contribution is -0.133. The van der Waals surface area contributed by atoms with Crippen LogP contribution in [0.4, 0.5) is 13.2 Å². The molecule has 1 aromatic carbocycles. The van der Waals surface area contributed by atoms with E-state index >= 15 is 0 Å². The maximum Gasteiger partial charge on any atom is 0.390 e. The molecule has 1 aliphatic heterocycles. The van der Waals surface area contributed by atoms with Crippen LogP contribution in [0.3, 0.4) is 0 Å². The average Bonchev–Trinajstić information content (AvgIpc) is 2.65. The molecule has 0 radical (unpaired) electrons. The molecule has 1 saturated heterocycles. The Bertz CT molecular complexity index is 617. The monoisotopic (exact) mass is 512 g/mol. The first-order valence-corrected chi connectivity index (χ1v) is 9.20. The molecule has 9 heteroatoms. The minimum atomic E-state index is -4.22. The van der Waals surface area contributed by atoms with E-state index in [2.05, 4.69) is 27.8 Å². The molecule has 0 spiro atoms. The van der Waals surface area contributed by atoms with Gasteiger partial charge in [-0.1, -0.05) is 30.3 Å². The fraction of sp³-hybridized carbons (Fsp3) is 0.579. The molecule has 1 amide bonds. The van der Waals surface area contributed by atoms with Crippen molar-refractivity contribution in [3.8, 4) is 0 Å².